The summed E-state index contributed by atoms with van der Waals surface area (Å²) < 4.78 is 35.1. The van der Waals surface area contributed by atoms with Crippen LogP contribution in [0, 0.1) is 0 Å². The molecule has 0 fully saturated rings. The SMILES string of the molecule is COC(=O)CCOc1ccc(S(=O)(=O)N(C)C(C)C(=O)O)cc1. The minimum absolute atomic E-state index is 0.0478. The van der Waals surface area contributed by atoms with E-state index >= 15 is 0 Å². The molecule has 1 atom stereocenters. The van der Waals surface area contributed by atoms with Gasteiger partial charge in [0.25, 0.3) is 0 Å². The van der Waals surface area contributed by atoms with Crippen LogP contribution in [-0.2, 0) is 24.3 Å². The third-order valence-electron chi connectivity index (χ3n) is 3.21. The summed E-state index contributed by atoms with van der Waals surface area (Å²) in [5.41, 5.74) is 0. The summed E-state index contributed by atoms with van der Waals surface area (Å²) >= 11 is 0. The van der Waals surface area contributed by atoms with Gasteiger partial charge in [-0.15, -0.1) is 0 Å². The quantitative estimate of drug-likeness (QED) is 0.691. The van der Waals surface area contributed by atoms with E-state index in [0.717, 1.165) is 4.31 Å². The lowest BCUT2D eigenvalue weighted by molar-refractivity contribution is -0.141. The standard InChI is InChI=1S/C14H19NO7S/c1-10(14(17)18)15(2)23(19,20)12-6-4-11(5-7-12)22-9-8-13(16)21-3/h4-7,10H,8-9H2,1-3H3,(H,17,18). The van der Waals surface area contributed by atoms with E-state index in [1.807, 2.05) is 0 Å². The number of likely N-dealkylation sites (N-methyl/N-ethyl adjacent to an activating group) is 1. The Kier molecular flexibility index (Phi) is 6.52. The fourth-order valence-electron chi connectivity index (χ4n) is 1.59. The molecule has 1 unspecified atom stereocenters. The van der Waals surface area contributed by atoms with Crippen molar-refractivity contribution in [1.29, 1.82) is 0 Å². The Morgan fingerprint density at radius 3 is 2.30 bits per heavy atom. The zero-order chi connectivity index (χ0) is 17.6. The van der Waals surface area contributed by atoms with E-state index in [1.54, 1.807) is 0 Å². The van der Waals surface area contributed by atoms with Crippen molar-refractivity contribution in [2.75, 3.05) is 20.8 Å². The molecule has 0 saturated carbocycles. The molecule has 0 radical (unpaired) electrons. The number of carbonyl (C=O) groups excluding carboxylic acids is 1. The van der Waals surface area contributed by atoms with Crippen LogP contribution in [0.25, 0.3) is 0 Å². The van der Waals surface area contributed by atoms with E-state index in [4.69, 9.17) is 9.84 Å². The second kappa shape index (κ2) is 7.93. The van der Waals surface area contributed by atoms with Crippen LogP contribution in [0.1, 0.15) is 13.3 Å². The lowest BCUT2D eigenvalue weighted by Gasteiger charge is -2.21. The molecule has 23 heavy (non-hydrogen) atoms. The first-order chi connectivity index (χ1) is 10.7. The molecule has 1 aromatic carbocycles. The fourth-order valence-corrected chi connectivity index (χ4v) is 2.91. The molecule has 1 N–H and O–H groups in total. The van der Waals surface area contributed by atoms with E-state index < -0.39 is 28.0 Å². The van der Waals surface area contributed by atoms with Crippen LogP contribution in [0.4, 0.5) is 0 Å². The van der Waals surface area contributed by atoms with Gasteiger partial charge in [0.05, 0.1) is 25.0 Å². The molecule has 0 aliphatic carbocycles. The maximum atomic E-state index is 12.3. The second-order valence-electron chi connectivity index (χ2n) is 4.68. The minimum Gasteiger partial charge on any atom is -0.493 e. The van der Waals surface area contributed by atoms with Crippen LogP contribution >= 0.6 is 0 Å². The number of methoxy groups -OCH3 is 1. The van der Waals surface area contributed by atoms with Gasteiger partial charge in [-0.3, -0.25) is 9.59 Å². The Morgan fingerprint density at radius 1 is 1.26 bits per heavy atom. The number of carboxylic acid groups (broad SMARTS) is 1. The van der Waals surface area contributed by atoms with Crippen molar-refractivity contribution in [2.24, 2.45) is 0 Å². The number of esters is 1. The summed E-state index contributed by atoms with van der Waals surface area (Å²) in [5, 5.41) is 8.91. The van der Waals surface area contributed by atoms with E-state index in [1.165, 1.54) is 45.3 Å². The van der Waals surface area contributed by atoms with Crippen molar-refractivity contribution in [3.8, 4) is 5.75 Å². The van der Waals surface area contributed by atoms with Crippen molar-refractivity contribution in [2.45, 2.75) is 24.3 Å². The molecular formula is C14H19NO7S. The molecule has 0 aromatic heterocycles. The smallest absolute Gasteiger partial charge is 0.321 e. The Morgan fingerprint density at radius 2 is 1.83 bits per heavy atom. The molecule has 1 rings (SSSR count). The zero-order valence-corrected chi connectivity index (χ0v) is 13.9. The summed E-state index contributed by atoms with van der Waals surface area (Å²) in [6.07, 6.45) is 0.0788. The van der Waals surface area contributed by atoms with Crippen molar-refractivity contribution >= 4 is 22.0 Å². The Balaban J connectivity index is 2.79. The summed E-state index contributed by atoms with van der Waals surface area (Å²) in [6.45, 7) is 1.39. The molecule has 0 spiro atoms. The topological polar surface area (TPSA) is 110 Å². The van der Waals surface area contributed by atoms with Crippen LogP contribution in [-0.4, -0.2) is 56.6 Å². The number of benzene rings is 1. The van der Waals surface area contributed by atoms with Gasteiger partial charge in [0.1, 0.15) is 11.8 Å². The molecule has 0 aliphatic heterocycles. The molecule has 8 nitrogen and oxygen atoms in total. The number of hydrogen-bond acceptors (Lipinski definition) is 6. The first kappa shape index (κ1) is 18.9. The Labute approximate surface area is 134 Å². The summed E-state index contributed by atoms with van der Waals surface area (Å²) in [7, 11) is -1.44. The first-order valence-corrected chi connectivity index (χ1v) is 8.14. The van der Waals surface area contributed by atoms with Gasteiger partial charge in [-0.05, 0) is 31.2 Å². The molecule has 0 amide bonds. The average molecular weight is 345 g/mol. The van der Waals surface area contributed by atoms with Gasteiger partial charge < -0.3 is 14.6 Å². The number of aliphatic carboxylic acids is 1. The van der Waals surface area contributed by atoms with Gasteiger partial charge in [-0.1, -0.05) is 0 Å². The number of sulfonamides is 1. The maximum Gasteiger partial charge on any atom is 0.321 e. The monoisotopic (exact) mass is 345 g/mol. The van der Waals surface area contributed by atoms with Gasteiger partial charge in [-0.25, -0.2) is 8.42 Å². The van der Waals surface area contributed by atoms with Gasteiger partial charge in [0.15, 0.2) is 0 Å². The molecule has 1 aromatic rings. The average Bonchev–Trinajstić information content (AvgIpc) is 2.53. The lowest BCUT2D eigenvalue weighted by atomic mass is 10.3. The Bertz CT molecular complexity index is 654. The third kappa shape index (κ3) is 4.93. The molecule has 0 aliphatic rings. The van der Waals surface area contributed by atoms with Crippen molar-refractivity contribution in [1.82, 2.24) is 4.31 Å². The van der Waals surface area contributed by atoms with Crippen LogP contribution < -0.4 is 4.74 Å². The summed E-state index contributed by atoms with van der Waals surface area (Å²) in [5.74, 6) is -1.26. The highest BCUT2D eigenvalue weighted by atomic mass is 32.2. The van der Waals surface area contributed by atoms with Gasteiger partial charge in [-0.2, -0.15) is 4.31 Å². The molecule has 0 bridgehead atoms. The van der Waals surface area contributed by atoms with Gasteiger partial charge in [0.2, 0.25) is 10.0 Å². The van der Waals surface area contributed by atoms with E-state index in [-0.39, 0.29) is 17.9 Å². The highest BCUT2D eigenvalue weighted by Crippen LogP contribution is 2.20. The lowest BCUT2D eigenvalue weighted by Crippen LogP contribution is -2.40. The highest BCUT2D eigenvalue weighted by Gasteiger charge is 2.29. The minimum atomic E-state index is -3.92. The normalized spacial score (nSPS) is 12.7. The van der Waals surface area contributed by atoms with Crippen molar-refractivity contribution in [3.05, 3.63) is 24.3 Å². The molecule has 0 saturated heterocycles. The number of nitrogens with zero attached hydrogens (tertiary/aromatic N) is 1. The summed E-state index contributed by atoms with van der Waals surface area (Å²) in [4.78, 5) is 21.8. The fraction of sp³-hybridized carbons (Fsp3) is 0.429. The number of carboxylic acids is 1. The number of carbonyl (C=O) groups is 2. The van der Waals surface area contributed by atoms with Crippen LogP contribution in [0.3, 0.4) is 0 Å². The molecule has 9 heteroatoms. The van der Waals surface area contributed by atoms with Crippen LogP contribution in [0.5, 0.6) is 5.75 Å². The van der Waals surface area contributed by atoms with E-state index in [2.05, 4.69) is 4.74 Å². The highest BCUT2D eigenvalue weighted by molar-refractivity contribution is 7.89. The second-order valence-corrected chi connectivity index (χ2v) is 6.68. The van der Waals surface area contributed by atoms with Crippen LogP contribution in [0.15, 0.2) is 29.2 Å². The van der Waals surface area contributed by atoms with Crippen molar-refractivity contribution in [3.63, 3.8) is 0 Å². The molecule has 128 valence electrons. The van der Waals surface area contributed by atoms with E-state index in [9.17, 15) is 18.0 Å². The predicted molar refractivity (Wildman–Crippen MR) is 80.6 cm³/mol. The van der Waals surface area contributed by atoms with E-state index in [0.29, 0.717) is 5.75 Å². The van der Waals surface area contributed by atoms with Gasteiger partial charge in [0, 0.05) is 7.05 Å². The predicted octanol–water partition coefficient (Wildman–Crippen LogP) is 0.722. The number of rotatable bonds is 8. The van der Waals surface area contributed by atoms with Gasteiger partial charge >= 0.3 is 11.9 Å². The molecule has 0 heterocycles. The third-order valence-corrected chi connectivity index (χ3v) is 5.15. The number of hydrogen-bond donors (Lipinski definition) is 1. The molecular weight excluding hydrogens is 326 g/mol. The zero-order valence-electron chi connectivity index (χ0n) is 13.1. The first-order valence-electron chi connectivity index (χ1n) is 6.70. The Hall–Kier alpha value is -2.13. The maximum absolute atomic E-state index is 12.3. The van der Waals surface area contributed by atoms with Crippen molar-refractivity contribution < 1.29 is 32.6 Å². The van der Waals surface area contributed by atoms with Crippen LogP contribution in [0.2, 0.25) is 0 Å². The number of ether oxygens (including phenoxy) is 2. The summed E-state index contributed by atoms with van der Waals surface area (Å²) in [6, 6.07) is 4.31. The largest absolute Gasteiger partial charge is 0.493 e.